The number of hydrogen-bond acceptors (Lipinski definition) is 4. The van der Waals surface area contributed by atoms with E-state index in [1.54, 1.807) is 6.07 Å². The Kier molecular flexibility index (Phi) is 3.19. The third kappa shape index (κ3) is 2.39. The smallest absolute Gasteiger partial charge is 0.185 e. The zero-order valence-electron chi connectivity index (χ0n) is 9.31. The van der Waals surface area contributed by atoms with Crippen molar-refractivity contribution in [1.82, 2.24) is 4.90 Å². The van der Waals surface area contributed by atoms with Crippen LogP contribution >= 0.6 is 0 Å². The Bertz CT molecular complexity index is 397. The molecule has 0 aromatic carbocycles. The fraction of sp³-hybridized carbons (Fsp3) is 0.500. The molecule has 1 saturated heterocycles. The van der Waals surface area contributed by atoms with Gasteiger partial charge in [0.25, 0.3) is 0 Å². The first-order valence-corrected chi connectivity index (χ1v) is 5.48. The lowest BCUT2D eigenvalue weighted by molar-refractivity contribution is -0.125. The second kappa shape index (κ2) is 4.61. The van der Waals surface area contributed by atoms with Gasteiger partial charge in [-0.2, -0.15) is 0 Å². The lowest BCUT2D eigenvalue weighted by atomic mass is 9.99. The number of rotatable bonds is 3. The van der Waals surface area contributed by atoms with E-state index < -0.39 is 0 Å². The first-order chi connectivity index (χ1) is 7.69. The minimum absolute atomic E-state index is 0.106. The zero-order valence-corrected chi connectivity index (χ0v) is 9.31. The number of ketones is 1. The summed E-state index contributed by atoms with van der Waals surface area (Å²) in [5, 5.41) is 0. The molecule has 16 heavy (non-hydrogen) atoms. The van der Waals surface area contributed by atoms with E-state index in [2.05, 4.69) is 4.90 Å². The Balaban J connectivity index is 1.94. The van der Waals surface area contributed by atoms with E-state index in [9.17, 15) is 9.59 Å². The molecule has 0 bridgehead atoms. The molecule has 4 heteroatoms. The van der Waals surface area contributed by atoms with E-state index in [4.69, 9.17) is 4.42 Å². The number of aldehydes is 1. The zero-order chi connectivity index (χ0) is 11.5. The van der Waals surface area contributed by atoms with Gasteiger partial charge in [0.2, 0.25) is 0 Å². The van der Waals surface area contributed by atoms with Crippen molar-refractivity contribution >= 4 is 12.1 Å². The number of nitrogens with zero attached hydrogens (tertiary/aromatic N) is 1. The van der Waals surface area contributed by atoms with E-state index in [0.717, 1.165) is 18.8 Å². The summed E-state index contributed by atoms with van der Waals surface area (Å²) < 4.78 is 5.30. The SMILES string of the molecule is CC1CN(Cc2ccc(C=O)o2)CCC1=O. The van der Waals surface area contributed by atoms with Crippen molar-refractivity contribution in [3.63, 3.8) is 0 Å². The van der Waals surface area contributed by atoms with Gasteiger partial charge in [0, 0.05) is 25.4 Å². The summed E-state index contributed by atoms with van der Waals surface area (Å²) in [4.78, 5) is 24.0. The number of hydrogen-bond donors (Lipinski definition) is 0. The molecule has 1 aromatic heterocycles. The molecule has 1 aromatic rings. The molecule has 0 saturated carbocycles. The van der Waals surface area contributed by atoms with Crippen LogP contribution in [0.15, 0.2) is 16.5 Å². The first-order valence-electron chi connectivity index (χ1n) is 5.48. The Morgan fingerprint density at radius 3 is 3.00 bits per heavy atom. The van der Waals surface area contributed by atoms with Gasteiger partial charge in [0.15, 0.2) is 12.0 Å². The average molecular weight is 221 g/mol. The predicted molar refractivity (Wildman–Crippen MR) is 58.2 cm³/mol. The third-order valence-electron chi connectivity index (χ3n) is 2.93. The lowest BCUT2D eigenvalue weighted by Gasteiger charge is -2.28. The summed E-state index contributed by atoms with van der Waals surface area (Å²) in [7, 11) is 0. The molecule has 0 amide bonds. The maximum atomic E-state index is 11.3. The van der Waals surface area contributed by atoms with E-state index >= 15 is 0 Å². The van der Waals surface area contributed by atoms with Crippen LogP contribution in [-0.4, -0.2) is 30.1 Å². The van der Waals surface area contributed by atoms with Crippen LogP contribution < -0.4 is 0 Å². The molecule has 0 spiro atoms. The van der Waals surface area contributed by atoms with Gasteiger partial charge in [-0.3, -0.25) is 14.5 Å². The van der Waals surface area contributed by atoms with Crippen LogP contribution in [0.25, 0.3) is 0 Å². The molecule has 4 nitrogen and oxygen atoms in total. The normalized spacial score (nSPS) is 22.3. The van der Waals surface area contributed by atoms with E-state index in [-0.39, 0.29) is 5.92 Å². The minimum Gasteiger partial charge on any atom is -0.457 e. The highest BCUT2D eigenvalue weighted by atomic mass is 16.3. The van der Waals surface area contributed by atoms with Crippen LogP contribution in [0, 0.1) is 5.92 Å². The van der Waals surface area contributed by atoms with Gasteiger partial charge in [-0.25, -0.2) is 0 Å². The Hall–Kier alpha value is -1.42. The average Bonchev–Trinajstić information content (AvgIpc) is 2.71. The molecule has 0 radical (unpaired) electrons. The van der Waals surface area contributed by atoms with Gasteiger partial charge in [-0.05, 0) is 12.1 Å². The highest BCUT2D eigenvalue weighted by molar-refractivity contribution is 5.81. The molecule has 1 aliphatic heterocycles. The summed E-state index contributed by atoms with van der Waals surface area (Å²) in [6.45, 7) is 4.18. The second-order valence-electron chi connectivity index (χ2n) is 4.27. The quantitative estimate of drug-likeness (QED) is 0.726. The predicted octanol–water partition coefficient (Wildman–Crippen LogP) is 1.50. The molecule has 0 aliphatic carbocycles. The summed E-state index contributed by atoms with van der Waals surface area (Å²) >= 11 is 0. The number of Topliss-reactive ketones (excluding diaryl/α,β-unsaturated/α-hetero) is 1. The van der Waals surface area contributed by atoms with Gasteiger partial charge in [0.1, 0.15) is 11.5 Å². The standard InChI is InChI=1S/C12H15NO3/c1-9-6-13(5-4-12(9)15)7-10-2-3-11(8-14)16-10/h2-3,8-9H,4-7H2,1H3. The van der Waals surface area contributed by atoms with Gasteiger partial charge < -0.3 is 4.42 Å². The Morgan fingerprint density at radius 1 is 1.56 bits per heavy atom. The number of likely N-dealkylation sites (tertiary alicyclic amines) is 1. The minimum atomic E-state index is 0.106. The number of furan rings is 1. The fourth-order valence-corrected chi connectivity index (χ4v) is 2.00. The summed E-state index contributed by atoms with van der Waals surface area (Å²) in [5.74, 6) is 1.58. The van der Waals surface area contributed by atoms with Crippen molar-refractivity contribution < 1.29 is 14.0 Å². The van der Waals surface area contributed by atoms with Crippen molar-refractivity contribution in [3.8, 4) is 0 Å². The van der Waals surface area contributed by atoms with E-state index in [0.29, 0.717) is 30.8 Å². The molecule has 2 heterocycles. The highest BCUT2D eigenvalue weighted by Gasteiger charge is 2.23. The van der Waals surface area contributed by atoms with Crippen LogP contribution in [-0.2, 0) is 11.3 Å². The maximum Gasteiger partial charge on any atom is 0.185 e. The van der Waals surface area contributed by atoms with Crippen molar-refractivity contribution in [1.29, 1.82) is 0 Å². The van der Waals surface area contributed by atoms with Gasteiger partial charge in [-0.15, -0.1) is 0 Å². The fourth-order valence-electron chi connectivity index (χ4n) is 2.00. The molecule has 1 unspecified atom stereocenters. The van der Waals surface area contributed by atoms with Crippen molar-refractivity contribution in [2.24, 2.45) is 5.92 Å². The number of carbonyl (C=O) groups excluding carboxylic acids is 2. The Labute approximate surface area is 94.2 Å². The van der Waals surface area contributed by atoms with Gasteiger partial charge in [0.05, 0.1) is 6.54 Å². The van der Waals surface area contributed by atoms with Crippen molar-refractivity contribution in [3.05, 3.63) is 23.7 Å². The van der Waals surface area contributed by atoms with Crippen LogP contribution in [0.1, 0.15) is 29.7 Å². The molecule has 1 fully saturated rings. The number of piperidine rings is 1. The lowest BCUT2D eigenvalue weighted by Crippen LogP contribution is -2.38. The molecule has 86 valence electrons. The van der Waals surface area contributed by atoms with Crippen LogP contribution in [0.4, 0.5) is 0 Å². The van der Waals surface area contributed by atoms with Gasteiger partial charge in [-0.1, -0.05) is 6.92 Å². The molecule has 1 aliphatic rings. The topological polar surface area (TPSA) is 50.5 Å². The first kappa shape index (κ1) is 11.1. The number of carbonyl (C=O) groups is 2. The monoisotopic (exact) mass is 221 g/mol. The van der Waals surface area contributed by atoms with E-state index in [1.165, 1.54) is 0 Å². The Morgan fingerprint density at radius 2 is 2.38 bits per heavy atom. The maximum absolute atomic E-state index is 11.3. The van der Waals surface area contributed by atoms with E-state index in [1.807, 2.05) is 13.0 Å². The largest absolute Gasteiger partial charge is 0.457 e. The van der Waals surface area contributed by atoms with Crippen molar-refractivity contribution in [2.75, 3.05) is 13.1 Å². The van der Waals surface area contributed by atoms with Crippen LogP contribution in [0.2, 0.25) is 0 Å². The molecular weight excluding hydrogens is 206 g/mol. The van der Waals surface area contributed by atoms with Crippen LogP contribution in [0.5, 0.6) is 0 Å². The molecule has 0 N–H and O–H groups in total. The summed E-state index contributed by atoms with van der Waals surface area (Å²) in [6.07, 6.45) is 1.31. The van der Waals surface area contributed by atoms with Crippen molar-refractivity contribution in [2.45, 2.75) is 19.9 Å². The third-order valence-corrected chi connectivity index (χ3v) is 2.93. The molecule has 2 rings (SSSR count). The summed E-state index contributed by atoms with van der Waals surface area (Å²) in [5.41, 5.74) is 0. The second-order valence-corrected chi connectivity index (χ2v) is 4.27. The summed E-state index contributed by atoms with van der Waals surface area (Å²) in [6, 6.07) is 3.48. The molecule has 1 atom stereocenters. The van der Waals surface area contributed by atoms with Crippen LogP contribution in [0.3, 0.4) is 0 Å². The highest BCUT2D eigenvalue weighted by Crippen LogP contribution is 2.16. The van der Waals surface area contributed by atoms with Gasteiger partial charge >= 0.3 is 0 Å². The molecular formula is C12H15NO3.